The zero-order chi connectivity index (χ0) is 10.3. The zero-order valence-corrected chi connectivity index (χ0v) is 7.77. The predicted octanol–water partition coefficient (Wildman–Crippen LogP) is 1.34. The van der Waals surface area contributed by atoms with Crippen LogP contribution in [0.3, 0.4) is 0 Å². The van der Waals surface area contributed by atoms with Crippen molar-refractivity contribution < 1.29 is 18.3 Å². The van der Waals surface area contributed by atoms with Crippen LogP contribution >= 0.6 is 11.3 Å². The molecule has 2 rings (SSSR count). The van der Waals surface area contributed by atoms with Crippen LogP contribution in [0.4, 0.5) is 18.3 Å². The molecule has 1 aliphatic heterocycles. The Bertz CT molecular complexity index is 332. The lowest BCUT2D eigenvalue weighted by atomic mass is 10.2. The molecule has 1 aliphatic rings. The summed E-state index contributed by atoms with van der Waals surface area (Å²) in [5.41, 5.74) is 0. The fourth-order valence-electron chi connectivity index (χ4n) is 1.15. The molecule has 7 heteroatoms. The summed E-state index contributed by atoms with van der Waals surface area (Å²) >= 11 is 0.604. The number of hydrogen-bond donors (Lipinski definition) is 1. The summed E-state index contributed by atoms with van der Waals surface area (Å²) in [6.07, 6.45) is -3.93. The Kier molecular flexibility index (Phi) is 2.15. The highest BCUT2D eigenvalue weighted by Gasteiger charge is 2.35. The highest BCUT2D eigenvalue weighted by molar-refractivity contribution is 7.15. The minimum atomic E-state index is -4.32. The molecule has 1 aromatic heterocycles. The van der Waals surface area contributed by atoms with Crippen molar-refractivity contribution in [2.24, 2.45) is 0 Å². The summed E-state index contributed by atoms with van der Waals surface area (Å²) in [7, 11) is 0. The summed E-state index contributed by atoms with van der Waals surface area (Å²) in [6, 6.07) is 0. The third kappa shape index (κ3) is 1.69. The van der Waals surface area contributed by atoms with Crippen LogP contribution in [-0.2, 0) is 6.18 Å². The SMILES string of the molecule is OC1CN(c2ncc(C(F)(F)F)s2)C1. The molecule has 3 nitrogen and oxygen atoms in total. The van der Waals surface area contributed by atoms with Crippen molar-refractivity contribution in [3.63, 3.8) is 0 Å². The van der Waals surface area contributed by atoms with Crippen molar-refractivity contribution in [3.05, 3.63) is 11.1 Å². The number of aliphatic hydroxyl groups is 1. The van der Waals surface area contributed by atoms with Crippen molar-refractivity contribution in [3.8, 4) is 0 Å². The number of halogens is 3. The van der Waals surface area contributed by atoms with E-state index in [-0.39, 0.29) is 0 Å². The average molecular weight is 224 g/mol. The van der Waals surface area contributed by atoms with E-state index in [1.54, 1.807) is 4.90 Å². The molecule has 78 valence electrons. The van der Waals surface area contributed by atoms with Crippen molar-refractivity contribution in [1.82, 2.24) is 4.98 Å². The molecule has 1 N–H and O–H groups in total. The molecule has 0 spiro atoms. The van der Waals surface area contributed by atoms with Crippen LogP contribution in [0.15, 0.2) is 6.20 Å². The summed E-state index contributed by atoms with van der Waals surface area (Å²) in [6.45, 7) is 0.732. The first-order valence-electron chi connectivity index (χ1n) is 3.93. The zero-order valence-electron chi connectivity index (χ0n) is 6.95. The van der Waals surface area contributed by atoms with E-state index in [1.807, 2.05) is 0 Å². The molecule has 0 aliphatic carbocycles. The number of alkyl halides is 3. The first-order chi connectivity index (χ1) is 6.47. The molecule has 14 heavy (non-hydrogen) atoms. The van der Waals surface area contributed by atoms with Crippen molar-refractivity contribution >= 4 is 16.5 Å². The lowest BCUT2D eigenvalue weighted by Crippen LogP contribution is -2.50. The molecular formula is C7H7F3N2OS. The molecule has 0 amide bonds. The van der Waals surface area contributed by atoms with Gasteiger partial charge in [-0.05, 0) is 0 Å². The molecule has 1 fully saturated rings. The number of aromatic nitrogens is 1. The van der Waals surface area contributed by atoms with Crippen LogP contribution in [0.2, 0.25) is 0 Å². The van der Waals surface area contributed by atoms with Gasteiger partial charge in [0.2, 0.25) is 0 Å². The van der Waals surface area contributed by atoms with E-state index in [9.17, 15) is 13.2 Å². The second kappa shape index (κ2) is 3.09. The van der Waals surface area contributed by atoms with Crippen molar-refractivity contribution in [2.45, 2.75) is 12.3 Å². The molecule has 0 atom stereocenters. The maximum Gasteiger partial charge on any atom is 0.427 e. The Morgan fingerprint density at radius 2 is 2.14 bits per heavy atom. The quantitative estimate of drug-likeness (QED) is 0.782. The average Bonchev–Trinajstić information content (AvgIpc) is 2.45. The number of nitrogens with zero attached hydrogens (tertiary/aromatic N) is 2. The topological polar surface area (TPSA) is 36.4 Å². The summed E-state index contributed by atoms with van der Waals surface area (Å²) in [5, 5.41) is 9.28. The van der Waals surface area contributed by atoms with Crippen molar-refractivity contribution in [2.75, 3.05) is 18.0 Å². The second-order valence-electron chi connectivity index (χ2n) is 3.06. The molecule has 0 radical (unpaired) electrons. The first kappa shape index (κ1) is 9.72. The highest BCUT2D eigenvalue weighted by atomic mass is 32.1. The van der Waals surface area contributed by atoms with Crippen LogP contribution in [-0.4, -0.2) is 29.3 Å². The van der Waals surface area contributed by atoms with E-state index in [0.717, 1.165) is 6.20 Å². The van der Waals surface area contributed by atoms with E-state index < -0.39 is 17.2 Å². The molecular weight excluding hydrogens is 217 g/mol. The lowest BCUT2D eigenvalue weighted by molar-refractivity contribution is -0.134. The van der Waals surface area contributed by atoms with Crippen LogP contribution in [0.5, 0.6) is 0 Å². The maximum absolute atomic E-state index is 12.2. The summed E-state index contributed by atoms with van der Waals surface area (Å²) in [5.74, 6) is 0. The fourth-order valence-corrected chi connectivity index (χ4v) is 1.96. The van der Waals surface area contributed by atoms with E-state index in [4.69, 9.17) is 5.11 Å². The Hall–Kier alpha value is -0.820. The van der Waals surface area contributed by atoms with Gasteiger partial charge in [0, 0.05) is 13.1 Å². The van der Waals surface area contributed by atoms with Gasteiger partial charge >= 0.3 is 6.18 Å². The van der Waals surface area contributed by atoms with Gasteiger partial charge in [0.25, 0.3) is 0 Å². The number of aliphatic hydroxyl groups excluding tert-OH is 1. The number of β-amino-alcohol motifs (C(OH)–C–C–N with tert-alkyl or cyclic N) is 1. The Morgan fingerprint density at radius 3 is 2.57 bits per heavy atom. The van der Waals surface area contributed by atoms with E-state index in [0.29, 0.717) is 29.6 Å². The smallest absolute Gasteiger partial charge is 0.389 e. The highest BCUT2D eigenvalue weighted by Crippen LogP contribution is 2.37. The molecule has 0 unspecified atom stereocenters. The third-order valence-corrected chi connectivity index (χ3v) is 3.01. The molecule has 1 saturated heterocycles. The molecule has 0 saturated carbocycles. The number of anilines is 1. The number of thiazole rings is 1. The van der Waals surface area contributed by atoms with Gasteiger partial charge in [0.1, 0.15) is 4.88 Å². The van der Waals surface area contributed by atoms with Crippen LogP contribution in [0.1, 0.15) is 4.88 Å². The van der Waals surface area contributed by atoms with E-state index in [1.165, 1.54) is 0 Å². The lowest BCUT2D eigenvalue weighted by Gasteiger charge is -2.35. The van der Waals surface area contributed by atoms with E-state index in [2.05, 4.69) is 4.98 Å². The van der Waals surface area contributed by atoms with Gasteiger partial charge < -0.3 is 10.0 Å². The summed E-state index contributed by atoms with van der Waals surface area (Å²) < 4.78 is 36.5. The number of rotatable bonds is 1. The minimum Gasteiger partial charge on any atom is -0.389 e. The van der Waals surface area contributed by atoms with Crippen LogP contribution in [0, 0.1) is 0 Å². The van der Waals surface area contributed by atoms with Gasteiger partial charge in [-0.25, -0.2) is 4.98 Å². The van der Waals surface area contributed by atoms with Gasteiger partial charge in [0.15, 0.2) is 5.13 Å². The second-order valence-corrected chi connectivity index (χ2v) is 4.07. The minimum absolute atomic E-state index is 0.322. The van der Waals surface area contributed by atoms with Gasteiger partial charge in [-0.3, -0.25) is 0 Å². The molecule has 0 aromatic carbocycles. The van der Waals surface area contributed by atoms with Crippen molar-refractivity contribution in [1.29, 1.82) is 0 Å². The van der Waals surface area contributed by atoms with Crippen LogP contribution in [0.25, 0.3) is 0 Å². The third-order valence-electron chi connectivity index (χ3n) is 1.91. The van der Waals surface area contributed by atoms with Gasteiger partial charge in [0.05, 0.1) is 12.3 Å². The normalized spacial score (nSPS) is 18.4. The molecule has 2 heterocycles. The Balaban J connectivity index is 2.11. The van der Waals surface area contributed by atoms with Gasteiger partial charge in [-0.15, -0.1) is 0 Å². The van der Waals surface area contributed by atoms with Gasteiger partial charge in [-0.1, -0.05) is 11.3 Å². The monoisotopic (exact) mass is 224 g/mol. The first-order valence-corrected chi connectivity index (χ1v) is 4.74. The fraction of sp³-hybridized carbons (Fsp3) is 0.571. The van der Waals surface area contributed by atoms with Gasteiger partial charge in [-0.2, -0.15) is 13.2 Å². The van der Waals surface area contributed by atoms with Crippen LogP contribution < -0.4 is 4.90 Å². The molecule has 1 aromatic rings. The largest absolute Gasteiger partial charge is 0.427 e. The predicted molar refractivity (Wildman–Crippen MR) is 45.3 cm³/mol. The standard InChI is InChI=1S/C7H7F3N2OS/c8-7(9,10)5-1-11-6(14-5)12-2-4(13)3-12/h1,4,13H,2-3H2. The summed E-state index contributed by atoms with van der Waals surface area (Å²) in [4.78, 5) is 4.57. The van der Waals surface area contributed by atoms with E-state index >= 15 is 0 Å². The maximum atomic E-state index is 12.2. The number of hydrogen-bond acceptors (Lipinski definition) is 4. The Labute approximate surface area is 81.8 Å². The Morgan fingerprint density at radius 1 is 1.50 bits per heavy atom. The molecule has 0 bridgehead atoms.